The SMILES string of the molecule is O=C(Cn1cnc(-c2cccs2)cc1=O)Nc1ccc(Cl)cc1. The molecule has 5 nitrogen and oxygen atoms in total. The molecule has 0 radical (unpaired) electrons. The van der Waals surface area contributed by atoms with Gasteiger partial charge in [0.15, 0.2) is 0 Å². The van der Waals surface area contributed by atoms with E-state index in [9.17, 15) is 9.59 Å². The van der Waals surface area contributed by atoms with Crippen LogP contribution in [0.3, 0.4) is 0 Å². The lowest BCUT2D eigenvalue weighted by atomic mass is 10.3. The summed E-state index contributed by atoms with van der Waals surface area (Å²) in [4.78, 5) is 29.2. The zero-order valence-corrected chi connectivity index (χ0v) is 13.5. The van der Waals surface area contributed by atoms with Gasteiger partial charge in [-0.3, -0.25) is 14.2 Å². The van der Waals surface area contributed by atoms with Gasteiger partial charge in [0, 0.05) is 16.8 Å². The third kappa shape index (κ3) is 3.85. The molecule has 1 N–H and O–H groups in total. The normalized spacial score (nSPS) is 10.5. The standard InChI is InChI=1S/C16H12ClN3O2S/c17-11-3-5-12(6-4-11)19-15(21)9-20-10-18-13(8-16(20)22)14-2-1-7-23-14/h1-8,10H,9H2,(H,19,21). The van der Waals surface area contributed by atoms with Gasteiger partial charge < -0.3 is 5.32 Å². The third-order valence-corrected chi connectivity index (χ3v) is 4.24. The molecule has 3 rings (SSSR count). The molecule has 0 unspecified atom stereocenters. The van der Waals surface area contributed by atoms with Crippen LogP contribution in [0.15, 0.2) is 59.0 Å². The summed E-state index contributed by atoms with van der Waals surface area (Å²) in [5.41, 5.74) is 0.963. The lowest BCUT2D eigenvalue weighted by Crippen LogP contribution is -2.27. The molecular weight excluding hydrogens is 334 g/mol. The number of carbonyl (C=O) groups is 1. The molecule has 0 atom stereocenters. The maximum Gasteiger partial charge on any atom is 0.254 e. The molecule has 0 saturated carbocycles. The van der Waals surface area contributed by atoms with Gasteiger partial charge in [-0.1, -0.05) is 17.7 Å². The van der Waals surface area contributed by atoms with Crippen LogP contribution in [0.2, 0.25) is 5.02 Å². The van der Waals surface area contributed by atoms with Crippen molar-refractivity contribution >= 4 is 34.5 Å². The van der Waals surface area contributed by atoms with Crippen molar-refractivity contribution in [2.45, 2.75) is 6.54 Å². The topological polar surface area (TPSA) is 64.0 Å². The van der Waals surface area contributed by atoms with E-state index in [-0.39, 0.29) is 18.0 Å². The fourth-order valence-electron chi connectivity index (χ4n) is 1.99. The molecule has 1 amide bonds. The summed E-state index contributed by atoms with van der Waals surface area (Å²) in [5.74, 6) is -0.305. The van der Waals surface area contributed by atoms with Gasteiger partial charge in [0.1, 0.15) is 6.54 Å². The van der Waals surface area contributed by atoms with Crippen LogP contribution in [0.25, 0.3) is 10.6 Å². The van der Waals surface area contributed by atoms with Crippen molar-refractivity contribution in [3.05, 3.63) is 69.5 Å². The second-order valence-corrected chi connectivity index (χ2v) is 6.16. The van der Waals surface area contributed by atoms with Crippen LogP contribution in [0, 0.1) is 0 Å². The van der Waals surface area contributed by atoms with Gasteiger partial charge in [0.05, 0.1) is 16.9 Å². The molecule has 0 aliphatic rings. The van der Waals surface area contributed by atoms with Crippen LogP contribution in [0.4, 0.5) is 5.69 Å². The number of aromatic nitrogens is 2. The molecule has 23 heavy (non-hydrogen) atoms. The highest BCUT2D eigenvalue weighted by molar-refractivity contribution is 7.13. The van der Waals surface area contributed by atoms with E-state index >= 15 is 0 Å². The molecule has 116 valence electrons. The maximum absolute atomic E-state index is 12.1. The van der Waals surface area contributed by atoms with E-state index in [1.807, 2.05) is 17.5 Å². The van der Waals surface area contributed by atoms with Crippen LogP contribution in [0.1, 0.15) is 0 Å². The van der Waals surface area contributed by atoms with Crippen LogP contribution in [-0.4, -0.2) is 15.5 Å². The molecule has 3 aromatic rings. The number of thiophene rings is 1. The lowest BCUT2D eigenvalue weighted by molar-refractivity contribution is -0.116. The summed E-state index contributed by atoms with van der Waals surface area (Å²) >= 11 is 7.30. The Morgan fingerprint density at radius 2 is 2.04 bits per heavy atom. The van der Waals surface area contributed by atoms with E-state index in [4.69, 9.17) is 11.6 Å². The number of nitrogens with one attached hydrogen (secondary N) is 1. The quantitative estimate of drug-likeness (QED) is 0.789. The van der Waals surface area contributed by atoms with Crippen molar-refractivity contribution in [1.82, 2.24) is 9.55 Å². The van der Waals surface area contributed by atoms with Crippen molar-refractivity contribution in [3.8, 4) is 10.6 Å². The van der Waals surface area contributed by atoms with Gasteiger partial charge in [-0.2, -0.15) is 0 Å². The highest BCUT2D eigenvalue weighted by Gasteiger charge is 2.08. The number of nitrogens with zero attached hydrogens (tertiary/aromatic N) is 2. The zero-order valence-electron chi connectivity index (χ0n) is 11.9. The van der Waals surface area contributed by atoms with E-state index in [1.54, 1.807) is 24.3 Å². The molecule has 1 aromatic carbocycles. The van der Waals surface area contributed by atoms with Crippen LogP contribution >= 0.6 is 22.9 Å². The molecular formula is C16H12ClN3O2S. The second-order valence-electron chi connectivity index (χ2n) is 4.77. The fraction of sp³-hybridized carbons (Fsp3) is 0.0625. The predicted molar refractivity (Wildman–Crippen MR) is 91.9 cm³/mol. The summed E-state index contributed by atoms with van der Waals surface area (Å²) in [6, 6.07) is 12.0. The number of benzene rings is 1. The highest BCUT2D eigenvalue weighted by Crippen LogP contribution is 2.20. The van der Waals surface area contributed by atoms with Crippen molar-refractivity contribution in [1.29, 1.82) is 0 Å². The number of carbonyl (C=O) groups excluding carboxylic acids is 1. The van der Waals surface area contributed by atoms with Gasteiger partial charge in [-0.15, -0.1) is 11.3 Å². The average molecular weight is 346 g/mol. The number of anilines is 1. The monoisotopic (exact) mass is 345 g/mol. The molecule has 0 aliphatic carbocycles. The number of halogens is 1. The predicted octanol–water partition coefficient (Wildman–Crippen LogP) is 3.26. The number of amides is 1. The summed E-state index contributed by atoms with van der Waals surface area (Å²) in [6.45, 7) is -0.0980. The van der Waals surface area contributed by atoms with Crippen molar-refractivity contribution in [3.63, 3.8) is 0 Å². The Hall–Kier alpha value is -2.44. The first-order valence-corrected chi connectivity index (χ1v) is 8.03. The van der Waals surface area contributed by atoms with Gasteiger partial charge >= 0.3 is 0 Å². The second kappa shape index (κ2) is 6.76. The molecule has 2 aromatic heterocycles. The van der Waals surface area contributed by atoms with Gasteiger partial charge in [0.25, 0.3) is 5.56 Å². The summed E-state index contributed by atoms with van der Waals surface area (Å²) in [6.07, 6.45) is 1.39. The first-order chi connectivity index (χ1) is 11.1. The van der Waals surface area contributed by atoms with Gasteiger partial charge in [-0.05, 0) is 35.7 Å². The molecule has 0 fully saturated rings. The Morgan fingerprint density at radius 3 is 2.70 bits per heavy atom. The smallest absolute Gasteiger partial charge is 0.254 e. The third-order valence-electron chi connectivity index (χ3n) is 3.10. The highest BCUT2D eigenvalue weighted by atomic mass is 35.5. The minimum Gasteiger partial charge on any atom is -0.325 e. The van der Waals surface area contributed by atoms with Gasteiger partial charge in [-0.25, -0.2) is 4.98 Å². The molecule has 0 aliphatic heterocycles. The zero-order chi connectivity index (χ0) is 16.2. The molecule has 0 bridgehead atoms. The Kier molecular flexibility index (Phi) is 4.55. The average Bonchev–Trinajstić information content (AvgIpc) is 3.06. The van der Waals surface area contributed by atoms with E-state index in [2.05, 4.69) is 10.3 Å². The largest absolute Gasteiger partial charge is 0.325 e. The van der Waals surface area contributed by atoms with E-state index in [0.29, 0.717) is 16.4 Å². The van der Waals surface area contributed by atoms with Crippen molar-refractivity contribution in [2.24, 2.45) is 0 Å². The molecule has 7 heteroatoms. The summed E-state index contributed by atoms with van der Waals surface area (Å²) < 4.78 is 1.27. The van der Waals surface area contributed by atoms with Crippen LogP contribution < -0.4 is 10.9 Å². The maximum atomic E-state index is 12.1. The first kappa shape index (κ1) is 15.5. The fourth-order valence-corrected chi connectivity index (χ4v) is 2.81. The Bertz CT molecular complexity index is 873. The molecule has 2 heterocycles. The van der Waals surface area contributed by atoms with Crippen molar-refractivity contribution in [2.75, 3.05) is 5.32 Å². The summed E-state index contributed by atoms with van der Waals surface area (Å²) in [5, 5.41) is 5.21. The first-order valence-electron chi connectivity index (χ1n) is 6.77. The summed E-state index contributed by atoms with van der Waals surface area (Å²) in [7, 11) is 0. The lowest BCUT2D eigenvalue weighted by Gasteiger charge is -2.07. The van der Waals surface area contributed by atoms with Crippen LogP contribution in [-0.2, 0) is 11.3 Å². The van der Waals surface area contributed by atoms with Crippen LogP contribution in [0.5, 0.6) is 0 Å². The molecule has 0 spiro atoms. The minimum atomic E-state index is -0.305. The number of hydrogen-bond donors (Lipinski definition) is 1. The minimum absolute atomic E-state index is 0.0980. The van der Waals surface area contributed by atoms with Crippen molar-refractivity contribution < 1.29 is 4.79 Å². The van der Waals surface area contributed by atoms with E-state index in [0.717, 1.165) is 4.88 Å². The van der Waals surface area contributed by atoms with E-state index < -0.39 is 0 Å². The van der Waals surface area contributed by atoms with Gasteiger partial charge in [0.2, 0.25) is 5.91 Å². The molecule has 0 saturated heterocycles. The number of hydrogen-bond acceptors (Lipinski definition) is 4. The van der Waals surface area contributed by atoms with E-state index in [1.165, 1.54) is 28.3 Å². The number of rotatable bonds is 4. The Labute approximate surface area is 141 Å². The Balaban J connectivity index is 1.71. The Morgan fingerprint density at radius 1 is 1.26 bits per heavy atom.